The fourth-order valence-electron chi connectivity index (χ4n) is 4.99. The van der Waals surface area contributed by atoms with Crippen molar-refractivity contribution in [3.63, 3.8) is 0 Å². The van der Waals surface area contributed by atoms with Crippen molar-refractivity contribution in [1.82, 2.24) is 20.4 Å². The summed E-state index contributed by atoms with van der Waals surface area (Å²) in [7, 11) is 1.85. The molecule has 7 nitrogen and oxygen atoms in total. The second kappa shape index (κ2) is 8.13. The standard InChI is InChI=1S/C24H24ClFN4O3/c1-30-20(15-5-3-2-4-6-15)10-19(29-30)22(32)28-24-12-23(13-24,14-24)27-21(31)11-33-16-7-8-17(25)18(26)9-16/h2-10,22,28,32H,11-14H2,1H3,(H,27,31). The SMILES string of the molecule is Cn1nc(C(O)NC23CC(NC(=O)COc4ccc(Cl)c(F)c4)(C2)C3)cc1-c1ccccc1. The van der Waals surface area contributed by atoms with Crippen LogP contribution in [0, 0.1) is 5.82 Å². The van der Waals surface area contributed by atoms with Gasteiger partial charge in [0.25, 0.3) is 5.91 Å². The Labute approximate surface area is 195 Å². The fraction of sp³-hybridized carbons (Fsp3) is 0.333. The van der Waals surface area contributed by atoms with Gasteiger partial charge in [-0.05, 0) is 43.0 Å². The van der Waals surface area contributed by atoms with Gasteiger partial charge in [-0.15, -0.1) is 0 Å². The second-order valence-corrected chi connectivity index (χ2v) is 9.40. The summed E-state index contributed by atoms with van der Waals surface area (Å²) in [5.41, 5.74) is 2.02. The predicted molar refractivity (Wildman–Crippen MR) is 121 cm³/mol. The van der Waals surface area contributed by atoms with Gasteiger partial charge in [-0.2, -0.15) is 5.10 Å². The molecule has 0 radical (unpaired) electrons. The molecule has 6 rings (SSSR count). The normalized spacial score (nSPS) is 23.9. The lowest BCUT2D eigenvalue weighted by atomic mass is 9.44. The molecule has 3 aliphatic rings. The predicted octanol–water partition coefficient (Wildman–Crippen LogP) is 3.33. The lowest BCUT2D eigenvalue weighted by Gasteiger charge is -2.71. The van der Waals surface area contributed by atoms with Crippen molar-refractivity contribution in [3.8, 4) is 17.0 Å². The summed E-state index contributed by atoms with van der Waals surface area (Å²) < 4.78 is 20.6. The number of aryl methyl sites for hydroxylation is 1. The molecule has 33 heavy (non-hydrogen) atoms. The van der Waals surface area contributed by atoms with Gasteiger partial charge in [-0.1, -0.05) is 41.9 Å². The van der Waals surface area contributed by atoms with E-state index in [0.717, 1.165) is 36.6 Å². The number of aliphatic hydroxyl groups excluding tert-OH is 1. The summed E-state index contributed by atoms with van der Waals surface area (Å²) >= 11 is 5.65. The largest absolute Gasteiger partial charge is 0.484 e. The molecule has 1 amide bonds. The maximum Gasteiger partial charge on any atom is 0.258 e. The molecule has 0 spiro atoms. The molecule has 3 aliphatic carbocycles. The van der Waals surface area contributed by atoms with E-state index >= 15 is 0 Å². The van der Waals surface area contributed by atoms with E-state index in [2.05, 4.69) is 15.7 Å². The Bertz CT molecular complexity index is 1180. The second-order valence-electron chi connectivity index (χ2n) is 8.99. The molecule has 3 N–H and O–H groups in total. The lowest BCUT2D eigenvalue weighted by molar-refractivity contribution is -0.151. The smallest absolute Gasteiger partial charge is 0.258 e. The molecule has 2 bridgehead atoms. The highest BCUT2D eigenvalue weighted by Crippen LogP contribution is 2.60. The van der Waals surface area contributed by atoms with Crippen molar-refractivity contribution in [2.45, 2.75) is 36.6 Å². The number of nitrogens with zero attached hydrogens (tertiary/aromatic N) is 2. The number of carbonyl (C=O) groups is 1. The Morgan fingerprint density at radius 2 is 1.94 bits per heavy atom. The van der Waals surface area contributed by atoms with Crippen molar-refractivity contribution in [2.24, 2.45) is 7.05 Å². The van der Waals surface area contributed by atoms with Crippen LogP contribution in [0.1, 0.15) is 31.2 Å². The number of rotatable bonds is 8. The van der Waals surface area contributed by atoms with E-state index in [1.807, 2.05) is 43.4 Å². The Morgan fingerprint density at radius 1 is 1.21 bits per heavy atom. The summed E-state index contributed by atoms with van der Waals surface area (Å²) in [4.78, 5) is 12.3. The molecule has 3 aromatic rings. The molecule has 172 valence electrons. The van der Waals surface area contributed by atoms with Crippen LogP contribution in [0.25, 0.3) is 11.3 Å². The van der Waals surface area contributed by atoms with E-state index < -0.39 is 12.0 Å². The van der Waals surface area contributed by atoms with Gasteiger partial charge in [0.1, 0.15) is 23.5 Å². The number of amides is 1. The first-order chi connectivity index (χ1) is 15.8. The quantitative estimate of drug-likeness (QED) is 0.439. The summed E-state index contributed by atoms with van der Waals surface area (Å²) in [5.74, 6) is -0.614. The average Bonchev–Trinajstić information content (AvgIpc) is 3.14. The van der Waals surface area contributed by atoms with Crippen LogP contribution in [0.5, 0.6) is 5.75 Å². The van der Waals surface area contributed by atoms with Gasteiger partial charge in [-0.3, -0.25) is 14.8 Å². The van der Waals surface area contributed by atoms with Crippen molar-refractivity contribution < 1.29 is 19.0 Å². The molecule has 1 heterocycles. The Morgan fingerprint density at radius 3 is 2.64 bits per heavy atom. The van der Waals surface area contributed by atoms with Crippen LogP contribution in [0.4, 0.5) is 4.39 Å². The van der Waals surface area contributed by atoms with E-state index in [0.29, 0.717) is 5.69 Å². The van der Waals surface area contributed by atoms with Crippen LogP contribution in [-0.4, -0.2) is 38.5 Å². The minimum Gasteiger partial charge on any atom is -0.484 e. The minimum absolute atomic E-state index is 0.00245. The Hall–Kier alpha value is -2.94. The molecule has 3 fully saturated rings. The number of halogens is 2. The molecule has 1 atom stereocenters. The Balaban J connectivity index is 1.12. The first-order valence-corrected chi connectivity index (χ1v) is 11.1. The van der Waals surface area contributed by atoms with Crippen LogP contribution in [0.2, 0.25) is 5.02 Å². The van der Waals surface area contributed by atoms with E-state index in [4.69, 9.17) is 16.3 Å². The van der Waals surface area contributed by atoms with Crippen molar-refractivity contribution >= 4 is 17.5 Å². The monoisotopic (exact) mass is 470 g/mol. The zero-order valence-corrected chi connectivity index (χ0v) is 18.8. The van der Waals surface area contributed by atoms with Gasteiger partial charge in [0, 0.05) is 24.2 Å². The van der Waals surface area contributed by atoms with Crippen molar-refractivity contribution in [1.29, 1.82) is 0 Å². The molecule has 2 aromatic carbocycles. The molecule has 1 aromatic heterocycles. The molecule has 3 saturated carbocycles. The first kappa shape index (κ1) is 21.9. The van der Waals surface area contributed by atoms with Crippen LogP contribution >= 0.6 is 11.6 Å². The van der Waals surface area contributed by atoms with Gasteiger partial charge >= 0.3 is 0 Å². The third-order valence-corrected chi connectivity index (χ3v) is 6.69. The molecular weight excluding hydrogens is 447 g/mol. The number of carbonyl (C=O) groups excluding carboxylic acids is 1. The third-order valence-electron chi connectivity index (χ3n) is 6.39. The maximum atomic E-state index is 13.5. The minimum atomic E-state index is -0.897. The van der Waals surface area contributed by atoms with E-state index in [1.165, 1.54) is 12.1 Å². The van der Waals surface area contributed by atoms with E-state index in [1.54, 1.807) is 4.68 Å². The maximum absolute atomic E-state index is 13.5. The van der Waals surface area contributed by atoms with E-state index in [-0.39, 0.29) is 34.4 Å². The van der Waals surface area contributed by atoms with Crippen molar-refractivity contribution in [3.05, 3.63) is 71.1 Å². The van der Waals surface area contributed by atoms with Crippen LogP contribution < -0.4 is 15.4 Å². The summed E-state index contributed by atoms with van der Waals surface area (Å²) in [6.45, 7) is -0.206. The fourth-order valence-corrected chi connectivity index (χ4v) is 5.10. The highest BCUT2D eigenvalue weighted by molar-refractivity contribution is 6.30. The van der Waals surface area contributed by atoms with Gasteiger partial charge in [0.05, 0.1) is 10.7 Å². The zero-order valence-electron chi connectivity index (χ0n) is 18.0. The third kappa shape index (κ3) is 4.21. The van der Waals surface area contributed by atoms with E-state index in [9.17, 15) is 14.3 Å². The molecule has 1 unspecified atom stereocenters. The van der Waals surface area contributed by atoms with Gasteiger partial charge in [-0.25, -0.2) is 4.39 Å². The summed E-state index contributed by atoms with van der Waals surface area (Å²) in [5, 5.41) is 21.5. The topological polar surface area (TPSA) is 88.4 Å². The zero-order chi connectivity index (χ0) is 23.2. The van der Waals surface area contributed by atoms with Crippen LogP contribution in [0.3, 0.4) is 0 Å². The molecule has 9 heteroatoms. The van der Waals surface area contributed by atoms with Gasteiger partial charge in [0.2, 0.25) is 0 Å². The number of ether oxygens (including phenoxy) is 1. The summed E-state index contributed by atoms with van der Waals surface area (Å²) in [6.07, 6.45) is 1.26. The number of hydrogen-bond donors (Lipinski definition) is 3. The average molecular weight is 471 g/mol. The molecular formula is C24H24ClFN4O3. The Kier molecular flexibility index (Phi) is 5.39. The van der Waals surface area contributed by atoms with Gasteiger partial charge in [0.15, 0.2) is 6.61 Å². The highest BCUT2D eigenvalue weighted by Gasteiger charge is 2.69. The number of aliphatic hydroxyl groups is 1. The van der Waals surface area contributed by atoms with Crippen LogP contribution in [-0.2, 0) is 11.8 Å². The number of hydrogen-bond acceptors (Lipinski definition) is 5. The first-order valence-electron chi connectivity index (χ1n) is 10.7. The number of aromatic nitrogens is 2. The summed E-state index contributed by atoms with van der Waals surface area (Å²) in [6, 6.07) is 15.8. The molecule has 0 saturated heterocycles. The highest BCUT2D eigenvalue weighted by atomic mass is 35.5. The molecule has 0 aliphatic heterocycles. The van der Waals surface area contributed by atoms with Gasteiger partial charge < -0.3 is 15.2 Å². The van der Waals surface area contributed by atoms with Crippen LogP contribution in [0.15, 0.2) is 54.6 Å². The number of nitrogens with one attached hydrogen (secondary N) is 2. The number of benzene rings is 2. The van der Waals surface area contributed by atoms with Crippen molar-refractivity contribution in [2.75, 3.05) is 6.61 Å². The lowest BCUT2D eigenvalue weighted by Crippen LogP contribution is -2.83.